The molecule has 3 heteroatoms. The lowest BCUT2D eigenvalue weighted by Crippen LogP contribution is -2.37. The Kier molecular flexibility index (Phi) is 4.83. The zero-order valence-electron chi connectivity index (χ0n) is 10.2. The predicted octanol–water partition coefficient (Wildman–Crippen LogP) is 2.05. The number of aliphatic hydroxyl groups excluding tert-OH is 1. The predicted molar refractivity (Wildman–Crippen MR) is 69.3 cm³/mol. The number of anilines is 1. The maximum atomic E-state index is 9.14. The summed E-state index contributed by atoms with van der Waals surface area (Å²) >= 11 is 0. The smallest absolute Gasteiger partial charge is 0.0749 e. The van der Waals surface area contributed by atoms with Gasteiger partial charge in [-0.15, -0.1) is 0 Å². The van der Waals surface area contributed by atoms with Crippen LogP contribution in [0.5, 0.6) is 0 Å². The molecule has 2 rings (SSSR count). The van der Waals surface area contributed by atoms with Crippen LogP contribution in [0.2, 0.25) is 0 Å². The van der Waals surface area contributed by atoms with Crippen molar-refractivity contribution in [2.75, 3.05) is 31.2 Å². The van der Waals surface area contributed by atoms with Crippen LogP contribution < -0.4 is 4.90 Å². The number of hydrogen-bond donors (Lipinski definition) is 1. The minimum Gasteiger partial charge on any atom is -0.395 e. The summed E-state index contributed by atoms with van der Waals surface area (Å²) in [6.45, 7) is 2.61. The molecule has 1 saturated heterocycles. The second-order valence-corrected chi connectivity index (χ2v) is 4.49. The molecular formula is C14H21NO2. The number of benzene rings is 1. The highest BCUT2D eigenvalue weighted by Gasteiger charge is 2.17. The number of rotatable bonds is 5. The topological polar surface area (TPSA) is 32.7 Å². The maximum absolute atomic E-state index is 9.14. The van der Waals surface area contributed by atoms with Crippen molar-refractivity contribution in [3.63, 3.8) is 0 Å². The highest BCUT2D eigenvalue weighted by molar-refractivity contribution is 5.46. The van der Waals surface area contributed by atoms with Crippen LogP contribution in [0.1, 0.15) is 19.3 Å². The van der Waals surface area contributed by atoms with Crippen molar-refractivity contribution in [3.05, 3.63) is 30.3 Å². The number of nitrogens with zero attached hydrogens (tertiary/aromatic N) is 1. The number of aliphatic hydroxyl groups is 1. The lowest BCUT2D eigenvalue weighted by Gasteiger charge is -2.31. The van der Waals surface area contributed by atoms with Gasteiger partial charge in [0.25, 0.3) is 0 Å². The third kappa shape index (κ3) is 3.72. The summed E-state index contributed by atoms with van der Waals surface area (Å²) in [7, 11) is 0. The molecule has 94 valence electrons. The van der Waals surface area contributed by atoms with Crippen molar-refractivity contribution < 1.29 is 9.84 Å². The van der Waals surface area contributed by atoms with Gasteiger partial charge < -0.3 is 14.7 Å². The van der Waals surface area contributed by atoms with E-state index in [1.165, 1.54) is 12.8 Å². The summed E-state index contributed by atoms with van der Waals surface area (Å²) < 4.78 is 5.75. The van der Waals surface area contributed by atoms with Crippen LogP contribution in [0.15, 0.2) is 30.3 Å². The van der Waals surface area contributed by atoms with Gasteiger partial charge in [0.05, 0.1) is 12.7 Å². The van der Waals surface area contributed by atoms with Crippen LogP contribution in [0.25, 0.3) is 0 Å². The van der Waals surface area contributed by atoms with Crippen molar-refractivity contribution >= 4 is 5.69 Å². The van der Waals surface area contributed by atoms with Gasteiger partial charge in [0, 0.05) is 25.4 Å². The van der Waals surface area contributed by atoms with Gasteiger partial charge in [0.15, 0.2) is 0 Å². The molecule has 3 nitrogen and oxygen atoms in total. The minimum absolute atomic E-state index is 0.182. The SMILES string of the molecule is OCCN(CC1CCCCO1)c1ccccc1. The van der Waals surface area contributed by atoms with Gasteiger partial charge in [-0.1, -0.05) is 18.2 Å². The monoisotopic (exact) mass is 235 g/mol. The van der Waals surface area contributed by atoms with E-state index in [9.17, 15) is 0 Å². The first-order valence-corrected chi connectivity index (χ1v) is 6.42. The van der Waals surface area contributed by atoms with Crippen molar-refractivity contribution in [1.29, 1.82) is 0 Å². The van der Waals surface area contributed by atoms with E-state index < -0.39 is 0 Å². The van der Waals surface area contributed by atoms with Gasteiger partial charge in [-0.2, -0.15) is 0 Å². The van der Waals surface area contributed by atoms with Gasteiger partial charge in [-0.05, 0) is 31.4 Å². The van der Waals surface area contributed by atoms with Crippen molar-refractivity contribution in [1.82, 2.24) is 0 Å². The zero-order chi connectivity index (χ0) is 11.9. The molecule has 1 heterocycles. The summed E-state index contributed by atoms with van der Waals surface area (Å²) in [5.74, 6) is 0. The maximum Gasteiger partial charge on any atom is 0.0749 e. The number of para-hydroxylation sites is 1. The van der Waals surface area contributed by atoms with E-state index in [4.69, 9.17) is 9.84 Å². The van der Waals surface area contributed by atoms with E-state index in [2.05, 4.69) is 17.0 Å². The molecule has 1 aromatic carbocycles. The van der Waals surface area contributed by atoms with Gasteiger partial charge in [-0.3, -0.25) is 0 Å². The molecule has 1 N–H and O–H groups in total. The number of ether oxygens (including phenoxy) is 1. The second kappa shape index (κ2) is 6.62. The first-order chi connectivity index (χ1) is 8.40. The molecule has 17 heavy (non-hydrogen) atoms. The van der Waals surface area contributed by atoms with Crippen LogP contribution in [0.4, 0.5) is 5.69 Å². The van der Waals surface area contributed by atoms with Gasteiger partial charge in [0.1, 0.15) is 0 Å². The molecule has 1 fully saturated rings. The van der Waals surface area contributed by atoms with E-state index in [-0.39, 0.29) is 6.61 Å². The van der Waals surface area contributed by atoms with E-state index in [1.807, 2.05) is 18.2 Å². The average Bonchev–Trinajstić information content (AvgIpc) is 2.40. The van der Waals surface area contributed by atoms with Crippen molar-refractivity contribution in [3.8, 4) is 0 Å². The lowest BCUT2D eigenvalue weighted by atomic mass is 10.1. The highest BCUT2D eigenvalue weighted by Crippen LogP contribution is 2.18. The van der Waals surface area contributed by atoms with Crippen LogP contribution >= 0.6 is 0 Å². The molecule has 0 bridgehead atoms. The average molecular weight is 235 g/mol. The molecule has 1 atom stereocenters. The molecule has 1 aromatic rings. The third-order valence-corrected chi connectivity index (χ3v) is 3.19. The van der Waals surface area contributed by atoms with E-state index in [0.717, 1.165) is 25.3 Å². The zero-order valence-corrected chi connectivity index (χ0v) is 10.2. The molecule has 1 aliphatic rings. The molecule has 0 aliphatic carbocycles. The normalized spacial score (nSPS) is 20.2. The Morgan fingerprint density at radius 1 is 1.24 bits per heavy atom. The van der Waals surface area contributed by atoms with Gasteiger partial charge in [-0.25, -0.2) is 0 Å². The largest absolute Gasteiger partial charge is 0.395 e. The Morgan fingerprint density at radius 3 is 2.71 bits per heavy atom. The van der Waals surface area contributed by atoms with Gasteiger partial charge in [0.2, 0.25) is 0 Å². The molecule has 1 unspecified atom stereocenters. The lowest BCUT2D eigenvalue weighted by molar-refractivity contribution is 0.0206. The summed E-state index contributed by atoms with van der Waals surface area (Å²) in [5.41, 5.74) is 1.16. The standard InChI is InChI=1S/C14H21NO2/c16-10-9-15(13-6-2-1-3-7-13)12-14-8-4-5-11-17-14/h1-3,6-7,14,16H,4-5,8-12H2. The van der Waals surface area contributed by atoms with Crippen molar-refractivity contribution in [2.45, 2.75) is 25.4 Å². The molecule has 0 saturated carbocycles. The first-order valence-electron chi connectivity index (χ1n) is 6.42. The Balaban J connectivity index is 1.96. The Morgan fingerprint density at radius 2 is 2.06 bits per heavy atom. The Labute approximate surface area is 103 Å². The molecule has 0 amide bonds. The number of hydrogen-bond acceptors (Lipinski definition) is 3. The summed E-state index contributed by atoms with van der Waals surface area (Å²) in [6.07, 6.45) is 3.89. The molecule has 0 radical (unpaired) electrons. The van der Waals surface area contributed by atoms with Crippen LogP contribution in [0, 0.1) is 0 Å². The van der Waals surface area contributed by atoms with Crippen LogP contribution in [-0.4, -0.2) is 37.5 Å². The van der Waals surface area contributed by atoms with E-state index in [0.29, 0.717) is 12.6 Å². The Hall–Kier alpha value is -1.06. The van der Waals surface area contributed by atoms with E-state index in [1.54, 1.807) is 0 Å². The van der Waals surface area contributed by atoms with E-state index >= 15 is 0 Å². The van der Waals surface area contributed by atoms with Gasteiger partial charge >= 0.3 is 0 Å². The van der Waals surface area contributed by atoms with Crippen LogP contribution in [0.3, 0.4) is 0 Å². The summed E-state index contributed by atoms with van der Waals surface area (Å²) in [4.78, 5) is 2.20. The minimum atomic E-state index is 0.182. The molecule has 0 aromatic heterocycles. The first kappa shape index (κ1) is 12.4. The molecule has 1 aliphatic heterocycles. The summed E-state index contributed by atoms with van der Waals surface area (Å²) in [6, 6.07) is 10.2. The molecular weight excluding hydrogens is 214 g/mol. The fourth-order valence-corrected chi connectivity index (χ4v) is 2.28. The quantitative estimate of drug-likeness (QED) is 0.848. The fraction of sp³-hybridized carbons (Fsp3) is 0.571. The fourth-order valence-electron chi connectivity index (χ4n) is 2.28. The van der Waals surface area contributed by atoms with Crippen molar-refractivity contribution in [2.24, 2.45) is 0 Å². The second-order valence-electron chi connectivity index (χ2n) is 4.49. The molecule has 0 spiro atoms. The van der Waals surface area contributed by atoms with Crippen LogP contribution in [-0.2, 0) is 4.74 Å². The third-order valence-electron chi connectivity index (χ3n) is 3.19. The summed E-state index contributed by atoms with van der Waals surface area (Å²) in [5, 5.41) is 9.14. The highest BCUT2D eigenvalue weighted by atomic mass is 16.5. The Bertz CT molecular complexity index is 309.